The van der Waals surface area contributed by atoms with Gasteiger partial charge in [-0.25, -0.2) is 9.78 Å². The molecule has 0 amide bonds. The van der Waals surface area contributed by atoms with Crippen LogP contribution >= 0.6 is 0 Å². The van der Waals surface area contributed by atoms with Gasteiger partial charge in [-0.3, -0.25) is 4.79 Å². The Bertz CT molecular complexity index is 585. The lowest BCUT2D eigenvalue weighted by Gasteiger charge is -2.60. The van der Waals surface area contributed by atoms with E-state index in [-0.39, 0.29) is 17.8 Å². The minimum Gasteiger partial charge on any atom is -0.435 e. The summed E-state index contributed by atoms with van der Waals surface area (Å²) < 4.78 is 18.3. The zero-order valence-corrected chi connectivity index (χ0v) is 16.7. The molecular weight excluding hydrogens is 336 g/mol. The van der Waals surface area contributed by atoms with Crippen LogP contribution in [0.5, 0.6) is 0 Å². The van der Waals surface area contributed by atoms with Gasteiger partial charge in [0.2, 0.25) is 12.1 Å². The minimum absolute atomic E-state index is 0.0159. The van der Waals surface area contributed by atoms with Gasteiger partial charge >= 0.3 is 5.97 Å². The molecule has 0 aromatic heterocycles. The Morgan fingerprint density at radius 3 is 2.50 bits per heavy atom. The number of ether oxygens (including phenoxy) is 3. The number of carbonyl (C=O) groups excluding carboxylic acids is 1. The lowest BCUT2D eigenvalue weighted by atomic mass is 9.58. The van der Waals surface area contributed by atoms with E-state index in [9.17, 15) is 4.79 Å². The monoisotopic (exact) mass is 368 g/mol. The van der Waals surface area contributed by atoms with E-state index in [1.165, 1.54) is 0 Å². The Kier molecular flexibility index (Phi) is 4.24. The quantitative estimate of drug-likeness (QED) is 0.518. The van der Waals surface area contributed by atoms with Crippen molar-refractivity contribution in [1.29, 1.82) is 0 Å². The third kappa shape index (κ3) is 2.64. The van der Waals surface area contributed by atoms with Gasteiger partial charge in [-0.1, -0.05) is 13.8 Å². The number of rotatable bonds is 1. The van der Waals surface area contributed by atoms with Crippen molar-refractivity contribution in [2.24, 2.45) is 29.1 Å². The zero-order valence-electron chi connectivity index (χ0n) is 16.7. The zero-order chi connectivity index (χ0) is 18.9. The SMILES string of the molecule is C[C@H]1[C@@H](OC(=O)C(C)(C)C)O[C@@H]2O[C@@]3(C)CC[C@H]4[C@H](C)CC[C@@H]1[C@@]24OO3. The summed E-state index contributed by atoms with van der Waals surface area (Å²) in [5, 5.41) is 0. The third-order valence-electron chi connectivity index (χ3n) is 6.93. The van der Waals surface area contributed by atoms with Crippen molar-refractivity contribution in [2.45, 2.75) is 91.2 Å². The van der Waals surface area contributed by atoms with Gasteiger partial charge in [-0.2, -0.15) is 0 Å². The standard InChI is InChI=1S/C20H32O6/c1-11-7-8-14-12(2)15(22-16(21)18(3,4)5)23-17-20(14)13(11)9-10-19(6,24-17)25-26-20/h11-15,17H,7-10H2,1-6H3/t11-,12-,13+,14+,15+,17-,19-,20-/m1/s1. The number of hydrogen-bond donors (Lipinski definition) is 0. The summed E-state index contributed by atoms with van der Waals surface area (Å²) in [4.78, 5) is 24.3. The highest BCUT2D eigenvalue weighted by Gasteiger charge is 2.69. The predicted octanol–water partition coefficient (Wildman–Crippen LogP) is 3.78. The summed E-state index contributed by atoms with van der Waals surface area (Å²) in [6.07, 6.45) is 2.70. The highest BCUT2D eigenvalue weighted by molar-refractivity contribution is 5.75. The van der Waals surface area contributed by atoms with Crippen molar-refractivity contribution in [3.63, 3.8) is 0 Å². The van der Waals surface area contributed by atoms with Gasteiger partial charge in [0.25, 0.3) is 0 Å². The average Bonchev–Trinajstić information content (AvgIpc) is 2.77. The van der Waals surface area contributed by atoms with Crippen LogP contribution in [0.1, 0.15) is 67.2 Å². The van der Waals surface area contributed by atoms with Gasteiger partial charge in [0.1, 0.15) is 0 Å². The molecule has 6 heteroatoms. The van der Waals surface area contributed by atoms with Gasteiger partial charge in [-0.15, -0.1) is 0 Å². The van der Waals surface area contributed by atoms with Gasteiger partial charge in [0, 0.05) is 18.3 Å². The maximum absolute atomic E-state index is 12.5. The van der Waals surface area contributed by atoms with Crippen LogP contribution in [0, 0.1) is 29.1 Å². The first-order valence-corrected chi connectivity index (χ1v) is 9.98. The highest BCUT2D eigenvalue weighted by atomic mass is 17.3. The Morgan fingerprint density at radius 1 is 1.08 bits per heavy atom. The van der Waals surface area contributed by atoms with Crippen molar-refractivity contribution >= 4 is 5.97 Å². The van der Waals surface area contributed by atoms with Crippen LogP contribution in [0.25, 0.3) is 0 Å². The first kappa shape index (κ1) is 18.7. The second-order valence-electron chi connectivity index (χ2n) is 9.93. The van der Waals surface area contributed by atoms with Crippen LogP contribution in [0.15, 0.2) is 0 Å². The maximum Gasteiger partial charge on any atom is 0.313 e. The van der Waals surface area contributed by atoms with Gasteiger partial charge < -0.3 is 14.2 Å². The molecule has 2 bridgehead atoms. The van der Waals surface area contributed by atoms with Crippen LogP contribution < -0.4 is 0 Å². The summed E-state index contributed by atoms with van der Waals surface area (Å²) in [5.74, 6) is -0.0436. The third-order valence-corrected chi connectivity index (χ3v) is 6.93. The molecule has 148 valence electrons. The lowest BCUT2D eigenvalue weighted by Crippen LogP contribution is -2.70. The van der Waals surface area contributed by atoms with E-state index in [0.29, 0.717) is 11.8 Å². The Hall–Kier alpha value is -0.690. The highest BCUT2D eigenvalue weighted by Crippen LogP contribution is 2.60. The van der Waals surface area contributed by atoms with Crippen LogP contribution in [0.4, 0.5) is 0 Å². The minimum atomic E-state index is -0.809. The van der Waals surface area contributed by atoms with Crippen molar-refractivity contribution in [3.05, 3.63) is 0 Å². The van der Waals surface area contributed by atoms with E-state index in [1.807, 2.05) is 27.7 Å². The Balaban J connectivity index is 1.67. The molecule has 1 spiro atoms. The molecule has 0 radical (unpaired) electrons. The second kappa shape index (κ2) is 5.90. The molecular formula is C20H32O6. The van der Waals surface area contributed by atoms with Crippen molar-refractivity contribution in [3.8, 4) is 0 Å². The second-order valence-corrected chi connectivity index (χ2v) is 9.93. The summed E-state index contributed by atoms with van der Waals surface area (Å²) >= 11 is 0. The number of fused-ring (bicyclic) bond motifs is 2. The molecule has 6 nitrogen and oxygen atoms in total. The molecule has 5 rings (SSSR count). The molecule has 0 N–H and O–H groups in total. The van der Waals surface area contributed by atoms with E-state index in [4.69, 9.17) is 24.0 Å². The van der Waals surface area contributed by atoms with Gasteiger partial charge in [-0.05, 0) is 58.8 Å². The van der Waals surface area contributed by atoms with E-state index in [2.05, 4.69) is 13.8 Å². The molecule has 5 aliphatic rings. The molecule has 26 heavy (non-hydrogen) atoms. The van der Waals surface area contributed by atoms with E-state index in [1.54, 1.807) is 0 Å². The lowest BCUT2D eigenvalue weighted by molar-refractivity contribution is -0.576. The van der Waals surface area contributed by atoms with Gasteiger partial charge in [0.05, 0.1) is 5.41 Å². The molecule has 4 heterocycles. The van der Waals surface area contributed by atoms with Crippen molar-refractivity contribution in [1.82, 2.24) is 0 Å². The number of esters is 1. The van der Waals surface area contributed by atoms with E-state index >= 15 is 0 Å². The normalized spacial score (nSPS) is 50.7. The first-order valence-electron chi connectivity index (χ1n) is 9.98. The topological polar surface area (TPSA) is 63.2 Å². The van der Waals surface area contributed by atoms with Crippen LogP contribution in [0.3, 0.4) is 0 Å². The molecule has 0 aromatic rings. The number of carbonyl (C=O) groups is 1. The molecule has 8 atom stereocenters. The first-order chi connectivity index (χ1) is 12.1. The van der Waals surface area contributed by atoms with Gasteiger partial charge in [0.15, 0.2) is 11.9 Å². The maximum atomic E-state index is 12.5. The molecule has 0 aromatic carbocycles. The Labute approximate surface area is 155 Å². The fourth-order valence-electron chi connectivity index (χ4n) is 5.29. The summed E-state index contributed by atoms with van der Waals surface area (Å²) in [6.45, 7) is 11.8. The largest absolute Gasteiger partial charge is 0.435 e. The fourth-order valence-corrected chi connectivity index (χ4v) is 5.29. The summed E-state index contributed by atoms with van der Waals surface area (Å²) in [7, 11) is 0. The smallest absolute Gasteiger partial charge is 0.313 e. The summed E-state index contributed by atoms with van der Waals surface area (Å²) in [5.41, 5.74) is -1.19. The molecule has 1 aliphatic carbocycles. The predicted molar refractivity (Wildman–Crippen MR) is 92.4 cm³/mol. The van der Waals surface area contributed by atoms with E-state index < -0.39 is 29.4 Å². The molecule has 4 aliphatic heterocycles. The number of hydrogen-bond acceptors (Lipinski definition) is 6. The van der Waals surface area contributed by atoms with E-state index in [0.717, 1.165) is 25.7 Å². The molecule has 5 fully saturated rings. The molecule has 0 unspecified atom stereocenters. The van der Waals surface area contributed by atoms with Crippen molar-refractivity contribution in [2.75, 3.05) is 0 Å². The molecule has 4 saturated heterocycles. The van der Waals surface area contributed by atoms with Crippen LogP contribution in [0.2, 0.25) is 0 Å². The van der Waals surface area contributed by atoms with Crippen molar-refractivity contribution < 1.29 is 28.8 Å². The van der Waals surface area contributed by atoms with Crippen LogP contribution in [-0.4, -0.2) is 29.9 Å². The van der Waals surface area contributed by atoms with Crippen LogP contribution in [-0.2, 0) is 28.8 Å². The summed E-state index contributed by atoms with van der Waals surface area (Å²) in [6, 6.07) is 0. The average molecular weight is 368 g/mol. The molecule has 1 saturated carbocycles. The Morgan fingerprint density at radius 2 is 1.81 bits per heavy atom. The fraction of sp³-hybridized carbons (Fsp3) is 0.950.